The third kappa shape index (κ3) is 5.32. The van der Waals surface area contributed by atoms with Gasteiger partial charge in [-0.05, 0) is 80.7 Å². The summed E-state index contributed by atoms with van der Waals surface area (Å²) in [5.74, 6) is 1.10. The van der Waals surface area contributed by atoms with E-state index in [1.165, 1.54) is 23.3 Å². The lowest BCUT2D eigenvalue weighted by atomic mass is 9.96. The van der Waals surface area contributed by atoms with Gasteiger partial charge in [0, 0.05) is 6.42 Å². The molecule has 2 aliphatic carbocycles. The largest absolute Gasteiger partial charge is 0.497 e. The Morgan fingerprint density at radius 1 is 1.14 bits per heavy atom. The monoisotopic (exact) mass is 602 g/mol. The molecule has 224 valence electrons. The summed E-state index contributed by atoms with van der Waals surface area (Å²) in [6.07, 6.45) is 7.19. The van der Waals surface area contributed by atoms with E-state index in [0.29, 0.717) is 17.1 Å². The molecule has 4 aliphatic rings. The van der Waals surface area contributed by atoms with Crippen molar-refractivity contribution in [3.05, 3.63) is 46.1 Å². The van der Waals surface area contributed by atoms with Crippen LogP contribution >= 0.6 is 11.3 Å². The third-order valence-electron chi connectivity index (χ3n) is 9.13. The van der Waals surface area contributed by atoms with Crippen molar-refractivity contribution < 1.29 is 23.9 Å². The number of thiazole rings is 1. The van der Waals surface area contributed by atoms with E-state index in [4.69, 9.17) is 9.72 Å². The third-order valence-corrected chi connectivity index (χ3v) is 10.4. The van der Waals surface area contributed by atoms with E-state index in [0.717, 1.165) is 52.6 Å². The number of amides is 5. The lowest BCUT2D eigenvalue weighted by molar-refractivity contribution is -0.136. The Morgan fingerprint density at radius 3 is 2.67 bits per heavy atom. The number of carbonyl (C=O) groups is 4. The maximum atomic E-state index is 13.4. The number of hydrogen-bond donors (Lipinski definition) is 3. The van der Waals surface area contributed by atoms with Crippen molar-refractivity contribution in [1.82, 2.24) is 25.5 Å². The van der Waals surface area contributed by atoms with Crippen LogP contribution in [0.25, 0.3) is 10.2 Å². The topological polar surface area (TPSA) is 143 Å². The van der Waals surface area contributed by atoms with Gasteiger partial charge in [0.1, 0.15) is 22.6 Å². The zero-order chi connectivity index (χ0) is 29.9. The van der Waals surface area contributed by atoms with Crippen LogP contribution in [0.5, 0.6) is 5.75 Å². The lowest BCUT2D eigenvalue weighted by Crippen LogP contribution is -2.52. The molecule has 0 radical (unpaired) electrons. The average Bonchev–Trinajstić information content (AvgIpc) is 3.91. The van der Waals surface area contributed by atoms with Crippen LogP contribution in [0, 0.1) is 11.8 Å². The van der Waals surface area contributed by atoms with E-state index in [1.54, 1.807) is 30.6 Å². The molecule has 4 heterocycles. The number of hydrogen-bond acceptors (Lipinski definition) is 8. The summed E-state index contributed by atoms with van der Waals surface area (Å²) in [6.45, 7) is 2.17. The van der Waals surface area contributed by atoms with Gasteiger partial charge in [-0.25, -0.2) is 14.8 Å². The first-order valence-corrected chi connectivity index (χ1v) is 15.7. The predicted molar refractivity (Wildman–Crippen MR) is 160 cm³/mol. The fourth-order valence-corrected chi connectivity index (χ4v) is 7.47. The van der Waals surface area contributed by atoms with E-state index >= 15 is 0 Å². The van der Waals surface area contributed by atoms with Crippen molar-refractivity contribution in [2.24, 2.45) is 11.8 Å². The first-order chi connectivity index (χ1) is 20.7. The number of aryl methyl sites for hydroxylation is 1. The highest BCUT2D eigenvalue weighted by Gasteiger charge is 2.46. The molecule has 2 saturated carbocycles. The summed E-state index contributed by atoms with van der Waals surface area (Å²) >= 11 is 1.60. The molecule has 2 aromatic heterocycles. The van der Waals surface area contributed by atoms with Gasteiger partial charge in [-0.15, -0.1) is 11.3 Å². The SMILES string of the molecule is COc1cc(CCC2CC2)c2nc([C@](C)(NC(=O)Nc3ccc4c(n3)CN(C3CCC(=O)NC3=O)C4=O)C3CC3)sc2c1. The standard InChI is InChI=1S/C31H34N6O5S/c1-31(18-7-8-18,29-35-26-17(6-5-16-3-4-16)13-19(42-2)14-23(26)43-29)36-30(41)33-24-11-9-20-21(32-24)15-37(28(20)40)22-10-12-25(38)34-27(22)39/h9,11,13-14,16,18,22H,3-8,10,12,15H2,1-2H3,(H,34,38,39)(H2,32,33,36,41)/t22?,31-/m1/s1. The number of anilines is 1. The number of fused-ring (bicyclic) bond motifs is 2. The van der Waals surface area contributed by atoms with Crippen LogP contribution in [0.4, 0.5) is 10.6 Å². The molecule has 1 aromatic carbocycles. The molecule has 43 heavy (non-hydrogen) atoms. The molecule has 12 heteroatoms. The Kier molecular flexibility index (Phi) is 6.83. The number of ether oxygens (including phenoxy) is 1. The molecular formula is C31H34N6O5S. The summed E-state index contributed by atoms with van der Waals surface area (Å²) in [6, 6.07) is 6.21. The highest BCUT2D eigenvalue weighted by atomic mass is 32.1. The van der Waals surface area contributed by atoms with E-state index in [2.05, 4.69) is 27.0 Å². The van der Waals surface area contributed by atoms with Gasteiger partial charge in [0.05, 0.1) is 40.7 Å². The van der Waals surface area contributed by atoms with Crippen molar-refractivity contribution in [1.29, 1.82) is 0 Å². The summed E-state index contributed by atoms with van der Waals surface area (Å²) in [5.41, 5.74) is 2.39. The molecule has 3 N–H and O–H groups in total. The quantitative estimate of drug-likeness (QED) is 0.311. The second-order valence-corrected chi connectivity index (χ2v) is 13.3. The Balaban J connectivity index is 1.08. The lowest BCUT2D eigenvalue weighted by Gasteiger charge is -2.29. The van der Waals surface area contributed by atoms with Crippen LogP contribution in [0.15, 0.2) is 24.3 Å². The minimum Gasteiger partial charge on any atom is -0.497 e. The molecular weight excluding hydrogens is 568 g/mol. The van der Waals surface area contributed by atoms with Crippen molar-refractivity contribution in [2.45, 2.75) is 76.4 Å². The Morgan fingerprint density at radius 2 is 1.95 bits per heavy atom. The van der Waals surface area contributed by atoms with Gasteiger partial charge >= 0.3 is 6.03 Å². The summed E-state index contributed by atoms with van der Waals surface area (Å²) in [5, 5.41) is 9.22. The number of pyridine rings is 1. The fraction of sp³-hybridized carbons (Fsp3) is 0.484. The molecule has 7 rings (SSSR count). The van der Waals surface area contributed by atoms with Gasteiger partial charge in [-0.3, -0.25) is 25.0 Å². The minimum absolute atomic E-state index is 0.135. The van der Waals surface area contributed by atoms with Crippen LogP contribution in [-0.4, -0.2) is 51.8 Å². The van der Waals surface area contributed by atoms with Crippen molar-refractivity contribution >= 4 is 51.1 Å². The van der Waals surface area contributed by atoms with Gasteiger partial charge in [0.15, 0.2) is 0 Å². The molecule has 0 spiro atoms. The molecule has 1 unspecified atom stereocenters. The number of benzene rings is 1. The van der Waals surface area contributed by atoms with Crippen LogP contribution in [0.3, 0.4) is 0 Å². The summed E-state index contributed by atoms with van der Waals surface area (Å²) in [4.78, 5) is 61.4. The maximum absolute atomic E-state index is 13.4. The van der Waals surface area contributed by atoms with E-state index in [-0.39, 0.29) is 37.1 Å². The average molecular weight is 603 g/mol. The first-order valence-electron chi connectivity index (χ1n) is 14.9. The molecule has 3 aromatic rings. The second-order valence-electron chi connectivity index (χ2n) is 12.3. The highest BCUT2D eigenvalue weighted by molar-refractivity contribution is 7.18. The van der Waals surface area contributed by atoms with E-state index in [9.17, 15) is 19.2 Å². The number of imide groups is 1. The smallest absolute Gasteiger partial charge is 0.321 e. The number of piperidine rings is 1. The van der Waals surface area contributed by atoms with E-state index < -0.39 is 23.5 Å². The first kappa shape index (κ1) is 27.8. The van der Waals surface area contributed by atoms with Crippen LogP contribution < -0.4 is 20.7 Å². The van der Waals surface area contributed by atoms with Crippen LogP contribution in [-0.2, 0) is 28.1 Å². The van der Waals surface area contributed by atoms with Crippen LogP contribution in [0.1, 0.15) is 78.5 Å². The summed E-state index contributed by atoms with van der Waals surface area (Å²) in [7, 11) is 1.68. The van der Waals surface area contributed by atoms with Crippen LogP contribution in [0.2, 0.25) is 0 Å². The number of rotatable bonds is 9. The maximum Gasteiger partial charge on any atom is 0.321 e. The molecule has 1 saturated heterocycles. The molecule has 5 amide bonds. The molecule has 2 aliphatic heterocycles. The summed E-state index contributed by atoms with van der Waals surface area (Å²) < 4.78 is 6.65. The molecule has 11 nitrogen and oxygen atoms in total. The van der Waals surface area contributed by atoms with Crippen molar-refractivity contribution in [2.75, 3.05) is 12.4 Å². The Bertz CT molecular complexity index is 1660. The molecule has 2 atom stereocenters. The minimum atomic E-state index is -0.721. The molecule has 3 fully saturated rings. The number of methoxy groups -OCH3 is 1. The zero-order valence-electron chi connectivity index (χ0n) is 24.2. The number of nitrogens with zero attached hydrogens (tertiary/aromatic N) is 3. The second kappa shape index (κ2) is 10.6. The number of urea groups is 1. The molecule has 0 bridgehead atoms. The number of aromatic nitrogens is 2. The predicted octanol–water partition coefficient (Wildman–Crippen LogP) is 4.25. The fourth-order valence-electron chi connectivity index (χ4n) is 6.25. The van der Waals surface area contributed by atoms with E-state index in [1.807, 2.05) is 13.0 Å². The van der Waals surface area contributed by atoms with Crippen molar-refractivity contribution in [3.63, 3.8) is 0 Å². The highest BCUT2D eigenvalue weighted by Crippen LogP contribution is 2.48. The Labute approximate surface area is 252 Å². The number of nitrogens with one attached hydrogen (secondary N) is 3. The Hall–Kier alpha value is -4.06. The normalized spacial score (nSPS) is 21.4. The van der Waals surface area contributed by atoms with Gasteiger partial charge in [0.25, 0.3) is 5.91 Å². The van der Waals surface area contributed by atoms with Gasteiger partial charge in [-0.1, -0.05) is 12.8 Å². The van der Waals surface area contributed by atoms with Gasteiger partial charge < -0.3 is 15.0 Å². The number of carbonyl (C=O) groups excluding carboxylic acids is 4. The van der Waals surface area contributed by atoms with Gasteiger partial charge in [0.2, 0.25) is 11.8 Å². The zero-order valence-corrected chi connectivity index (χ0v) is 25.0. The van der Waals surface area contributed by atoms with Gasteiger partial charge in [-0.2, -0.15) is 0 Å². The van der Waals surface area contributed by atoms with Crippen molar-refractivity contribution in [3.8, 4) is 5.75 Å².